The van der Waals surface area contributed by atoms with E-state index < -0.39 is 11.7 Å². The molecule has 0 spiro atoms. The van der Waals surface area contributed by atoms with E-state index in [0.717, 1.165) is 22.0 Å². The lowest BCUT2D eigenvalue weighted by molar-refractivity contribution is -0.114. The molecule has 1 aromatic heterocycles. The highest BCUT2D eigenvalue weighted by Gasteiger charge is 2.36. The molecule has 0 N–H and O–H groups in total. The molecule has 1 aliphatic heterocycles. The SMILES string of the molecule is Cc1cccc2c1N(Cc1csc(C(C)C)n1)C(=O)C2=O. The lowest BCUT2D eigenvalue weighted by atomic mass is 10.1. The fourth-order valence-corrected chi connectivity index (χ4v) is 3.34. The summed E-state index contributed by atoms with van der Waals surface area (Å²) in [5.41, 5.74) is 3.00. The van der Waals surface area contributed by atoms with Crippen molar-refractivity contribution in [2.45, 2.75) is 33.2 Å². The number of amides is 1. The van der Waals surface area contributed by atoms with Crippen LogP contribution in [0.2, 0.25) is 0 Å². The Labute approximate surface area is 127 Å². The number of hydrogen-bond acceptors (Lipinski definition) is 4. The zero-order chi connectivity index (χ0) is 15.1. The molecule has 1 aliphatic rings. The molecule has 2 aromatic rings. The van der Waals surface area contributed by atoms with Gasteiger partial charge in [-0.25, -0.2) is 4.98 Å². The van der Waals surface area contributed by atoms with Gasteiger partial charge in [-0.05, 0) is 18.6 Å². The Morgan fingerprint density at radius 3 is 2.71 bits per heavy atom. The fourth-order valence-electron chi connectivity index (χ4n) is 2.51. The highest BCUT2D eigenvalue weighted by atomic mass is 32.1. The molecule has 0 bridgehead atoms. The van der Waals surface area contributed by atoms with Gasteiger partial charge in [-0.2, -0.15) is 0 Å². The number of carbonyl (C=O) groups is 2. The summed E-state index contributed by atoms with van der Waals surface area (Å²) in [6, 6.07) is 5.43. The standard InChI is InChI=1S/C16H16N2O2S/c1-9(2)15-17-11(8-21-15)7-18-13-10(3)5-4-6-12(13)14(19)16(18)20/h4-6,8-9H,7H2,1-3H3. The molecule has 1 amide bonds. The van der Waals surface area contributed by atoms with E-state index in [-0.39, 0.29) is 0 Å². The highest BCUT2D eigenvalue weighted by molar-refractivity contribution is 7.09. The highest BCUT2D eigenvalue weighted by Crippen LogP contribution is 2.33. The molecule has 21 heavy (non-hydrogen) atoms. The summed E-state index contributed by atoms with van der Waals surface area (Å²) in [4.78, 5) is 30.4. The van der Waals surface area contributed by atoms with Crippen LogP contribution in [0.4, 0.5) is 5.69 Å². The number of aromatic nitrogens is 1. The molecule has 5 heteroatoms. The summed E-state index contributed by atoms with van der Waals surface area (Å²) in [6.07, 6.45) is 0. The van der Waals surface area contributed by atoms with E-state index in [4.69, 9.17) is 0 Å². The van der Waals surface area contributed by atoms with Gasteiger partial charge in [0.05, 0.1) is 28.5 Å². The molecule has 3 rings (SSSR count). The van der Waals surface area contributed by atoms with Crippen LogP contribution in [0.3, 0.4) is 0 Å². The molecule has 4 nitrogen and oxygen atoms in total. The lowest BCUT2D eigenvalue weighted by Gasteiger charge is -2.17. The van der Waals surface area contributed by atoms with Gasteiger partial charge in [0.15, 0.2) is 0 Å². The first-order valence-corrected chi connectivity index (χ1v) is 7.77. The van der Waals surface area contributed by atoms with Gasteiger partial charge >= 0.3 is 0 Å². The average molecular weight is 300 g/mol. The van der Waals surface area contributed by atoms with E-state index in [1.807, 2.05) is 24.4 Å². The first-order valence-electron chi connectivity index (χ1n) is 6.89. The van der Waals surface area contributed by atoms with E-state index in [0.29, 0.717) is 18.0 Å². The number of ketones is 1. The number of aryl methyl sites for hydroxylation is 1. The molecule has 0 radical (unpaired) electrons. The minimum absolute atomic E-state index is 0.353. The van der Waals surface area contributed by atoms with Gasteiger partial charge in [-0.15, -0.1) is 11.3 Å². The molecular formula is C16H16N2O2S. The first-order chi connectivity index (χ1) is 9.99. The van der Waals surface area contributed by atoms with Crippen LogP contribution in [-0.4, -0.2) is 16.7 Å². The van der Waals surface area contributed by atoms with Crippen molar-refractivity contribution < 1.29 is 9.59 Å². The number of hydrogen-bond donors (Lipinski definition) is 0. The number of benzene rings is 1. The van der Waals surface area contributed by atoms with E-state index in [1.165, 1.54) is 0 Å². The lowest BCUT2D eigenvalue weighted by Crippen LogP contribution is -2.29. The second kappa shape index (κ2) is 5.07. The number of thiazole rings is 1. The Morgan fingerprint density at radius 1 is 1.29 bits per heavy atom. The zero-order valence-corrected chi connectivity index (χ0v) is 13.0. The van der Waals surface area contributed by atoms with Crippen LogP contribution in [0.15, 0.2) is 23.6 Å². The van der Waals surface area contributed by atoms with Crippen LogP contribution in [0.25, 0.3) is 0 Å². The Morgan fingerprint density at radius 2 is 2.05 bits per heavy atom. The third-order valence-corrected chi connectivity index (χ3v) is 4.77. The predicted octanol–water partition coefficient (Wildman–Crippen LogP) is 3.30. The minimum Gasteiger partial charge on any atom is -0.298 e. The Balaban J connectivity index is 1.96. The maximum atomic E-state index is 12.2. The molecule has 0 saturated heterocycles. The van der Waals surface area contributed by atoms with Crippen LogP contribution in [0.5, 0.6) is 0 Å². The molecule has 0 atom stereocenters. The molecule has 0 aliphatic carbocycles. The zero-order valence-electron chi connectivity index (χ0n) is 12.2. The number of rotatable bonds is 3. The summed E-state index contributed by atoms with van der Waals surface area (Å²) < 4.78 is 0. The van der Waals surface area contributed by atoms with Crippen LogP contribution < -0.4 is 4.90 Å². The normalized spacial score (nSPS) is 14.2. The van der Waals surface area contributed by atoms with Gasteiger partial charge < -0.3 is 0 Å². The molecular weight excluding hydrogens is 284 g/mol. The van der Waals surface area contributed by atoms with E-state index in [9.17, 15) is 9.59 Å². The molecule has 0 unspecified atom stereocenters. The van der Waals surface area contributed by atoms with Crippen molar-refractivity contribution in [1.82, 2.24) is 4.98 Å². The van der Waals surface area contributed by atoms with E-state index in [1.54, 1.807) is 22.3 Å². The number of nitrogens with zero attached hydrogens (tertiary/aromatic N) is 2. The Kier molecular flexibility index (Phi) is 3.37. The maximum absolute atomic E-state index is 12.2. The maximum Gasteiger partial charge on any atom is 0.299 e. The van der Waals surface area contributed by atoms with Gasteiger partial charge in [0.2, 0.25) is 0 Å². The average Bonchev–Trinajstić information content (AvgIpc) is 3.00. The van der Waals surface area contributed by atoms with E-state index in [2.05, 4.69) is 18.8 Å². The van der Waals surface area contributed by atoms with E-state index >= 15 is 0 Å². The quantitative estimate of drug-likeness (QED) is 0.817. The molecule has 1 aromatic carbocycles. The van der Waals surface area contributed by atoms with Crippen molar-refractivity contribution >= 4 is 28.7 Å². The monoisotopic (exact) mass is 300 g/mol. The van der Waals surface area contributed by atoms with Crippen LogP contribution in [0, 0.1) is 6.92 Å². The topological polar surface area (TPSA) is 50.3 Å². The Hall–Kier alpha value is -2.01. The summed E-state index contributed by atoms with van der Waals surface area (Å²) in [5.74, 6) is -0.514. The molecule has 2 heterocycles. The van der Waals surface area contributed by atoms with Gasteiger partial charge in [-0.3, -0.25) is 14.5 Å². The second-order valence-corrected chi connectivity index (χ2v) is 6.41. The third kappa shape index (κ3) is 2.27. The predicted molar refractivity (Wildman–Crippen MR) is 82.9 cm³/mol. The molecule has 108 valence electrons. The van der Waals surface area contributed by atoms with Gasteiger partial charge in [-0.1, -0.05) is 26.0 Å². The number of para-hydroxylation sites is 1. The van der Waals surface area contributed by atoms with Crippen molar-refractivity contribution in [3.8, 4) is 0 Å². The third-order valence-electron chi connectivity index (χ3n) is 3.58. The largest absolute Gasteiger partial charge is 0.299 e. The van der Waals surface area contributed by atoms with Crippen molar-refractivity contribution in [1.29, 1.82) is 0 Å². The van der Waals surface area contributed by atoms with Crippen LogP contribution >= 0.6 is 11.3 Å². The second-order valence-electron chi connectivity index (χ2n) is 5.52. The Bertz CT molecular complexity index is 734. The van der Waals surface area contributed by atoms with Gasteiger partial charge in [0, 0.05) is 11.3 Å². The molecule has 0 fully saturated rings. The van der Waals surface area contributed by atoms with Gasteiger partial charge in [0.25, 0.3) is 11.7 Å². The van der Waals surface area contributed by atoms with Crippen molar-refractivity contribution in [2.75, 3.05) is 4.90 Å². The van der Waals surface area contributed by atoms with Gasteiger partial charge in [0.1, 0.15) is 0 Å². The summed E-state index contributed by atoms with van der Waals surface area (Å²) in [7, 11) is 0. The number of fused-ring (bicyclic) bond motifs is 1. The first kappa shape index (κ1) is 13.9. The van der Waals surface area contributed by atoms with Crippen molar-refractivity contribution in [3.05, 3.63) is 45.4 Å². The minimum atomic E-state index is -0.460. The number of carbonyl (C=O) groups excluding carboxylic acids is 2. The summed E-state index contributed by atoms with van der Waals surface area (Å²) in [6.45, 7) is 6.45. The summed E-state index contributed by atoms with van der Waals surface area (Å²) in [5, 5.41) is 3.01. The molecule has 0 saturated carbocycles. The van der Waals surface area contributed by atoms with Crippen molar-refractivity contribution in [3.63, 3.8) is 0 Å². The summed E-state index contributed by atoms with van der Waals surface area (Å²) >= 11 is 1.59. The van der Waals surface area contributed by atoms with Crippen molar-refractivity contribution in [2.24, 2.45) is 0 Å². The van der Waals surface area contributed by atoms with Crippen LogP contribution in [0.1, 0.15) is 46.4 Å². The number of anilines is 1. The fraction of sp³-hybridized carbons (Fsp3) is 0.312. The number of Topliss-reactive ketones (excluding diaryl/α,β-unsaturated/α-hetero) is 1. The van der Waals surface area contributed by atoms with Crippen LogP contribution in [-0.2, 0) is 11.3 Å². The smallest absolute Gasteiger partial charge is 0.298 e.